The Bertz CT molecular complexity index is 1600. The van der Waals surface area contributed by atoms with Crippen LogP contribution < -0.4 is 31.8 Å². The van der Waals surface area contributed by atoms with Crippen molar-refractivity contribution in [1.82, 2.24) is 0 Å². The van der Waals surface area contributed by atoms with E-state index in [-0.39, 0.29) is 0 Å². The number of unbranched alkanes of at least 4 members (excludes halogenated alkanes) is 1. The van der Waals surface area contributed by atoms with Crippen LogP contribution in [0.5, 0.6) is 0 Å². The molecule has 0 saturated carbocycles. The Balaban J connectivity index is 1.38. The molecule has 0 unspecified atom stereocenters. The molecule has 0 fully saturated rings. The Morgan fingerprint density at radius 1 is 0.356 bits per heavy atom. The van der Waals surface area contributed by atoms with E-state index in [1.54, 1.807) is 5.30 Å². The van der Waals surface area contributed by atoms with E-state index < -0.39 is 14.5 Å². The van der Waals surface area contributed by atoms with Gasteiger partial charge >= 0.3 is 273 Å². The summed E-state index contributed by atoms with van der Waals surface area (Å²) < 4.78 is 0. The van der Waals surface area contributed by atoms with Crippen molar-refractivity contribution in [1.29, 1.82) is 0 Å². The van der Waals surface area contributed by atoms with Crippen molar-refractivity contribution >= 4 is 46.4 Å². The van der Waals surface area contributed by atoms with Gasteiger partial charge in [0.05, 0.1) is 0 Å². The topological polar surface area (TPSA) is 0 Å². The third-order valence-corrected chi connectivity index (χ3v) is 19.8. The van der Waals surface area contributed by atoms with Crippen molar-refractivity contribution in [2.45, 2.75) is 32.6 Å². The second-order valence-corrected chi connectivity index (χ2v) is 20.4. The zero-order valence-corrected chi connectivity index (χ0v) is 28.5. The van der Waals surface area contributed by atoms with E-state index in [0.717, 1.165) is 12.8 Å². The van der Waals surface area contributed by atoms with Gasteiger partial charge in [-0.3, -0.25) is 0 Å². The van der Waals surface area contributed by atoms with Crippen LogP contribution in [0.25, 0.3) is 0 Å². The summed E-state index contributed by atoms with van der Waals surface area (Å²) in [7, 11) is -4.44. The summed E-state index contributed by atoms with van der Waals surface area (Å²) in [6, 6.07) is 66.6. The van der Waals surface area contributed by atoms with Crippen molar-refractivity contribution in [2.24, 2.45) is 0 Å². The van der Waals surface area contributed by atoms with Crippen LogP contribution in [0.3, 0.4) is 0 Å². The van der Waals surface area contributed by atoms with Crippen LogP contribution in [0.2, 0.25) is 0 Å². The van der Waals surface area contributed by atoms with Crippen molar-refractivity contribution in [2.75, 3.05) is 12.3 Å². The van der Waals surface area contributed by atoms with Crippen LogP contribution in [-0.2, 0) is 6.42 Å². The second-order valence-electron chi connectivity index (χ2n) is 12.3. The summed E-state index contributed by atoms with van der Waals surface area (Å²) in [6.45, 7) is 2.33. The van der Waals surface area contributed by atoms with Gasteiger partial charge in [0.1, 0.15) is 0 Å². The summed E-state index contributed by atoms with van der Waals surface area (Å²) >= 11 is 0. The summed E-state index contributed by atoms with van der Waals surface area (Å²) in [5, 5.41) is 9.07. The van der Waals surface area contributed by atoms with Gasteiger partial charge in [-0.05, 0) is 0 Å². The van der Waals surface area contributed by atoms with Gasteiger partial charge in [0.15, 0.2) is 0 Å². The van der Waals surface area contributed by atoms with E-state index in [1.165, 1.54) is 57.3 Å². The summed E-state index contributed by atoms with van der Waals surface area (Å²) in [4.78, 5) is 0. The molecule has 45 heavy (non-hydrogen) atoms. The fourth-order valence-corrected chi connectivity index (χ4v) is 17.4. The van der Waals surface area contributed by atoms with Gasteiger partial charge in [0.25, 0.3) is 0 Å². The van der Waals surface area contributed by atoms with Crippen LogP contribution in [0.15, 0.2) is 176 Å². The van der Waals surface area contributed by atoms with Gasteiger partial charge in [-0.2, -0.15) is 0 Å². The average Bonchev–Trinajstić information content (AvgIpc) is 3.13. The molecular weight excluding hydrogens is 578 g/mol. The van der Waals surface area contributed by atoms with Crippen LogP contribution in [0, 0.1) is 0 Å². The zero-order chi connectivity index (χ0) is 30.8. The standard InChI is InChI=1S/C43H46P2/c1-2-3-34-45(41-29-15-7-16-30-41,42-31-17-8-18-32-42)43-33-19-21-37(36-43)22-20-35-44(38-23-9-4-10-24-38,39-25-11-5-12-26-39)40-27-13-6-14-28-40/h4-19,21,23-33,36,44-45H,2-3,20,22,34-35H2,1H3. The summed E-state index contributed by atoms with van der Waals surface area (Å²) in [6.07, 6.45) is 7.07. The fourth-order valence-electron chi connectivity index (χ4n) is 7.47. The van der Waals surface area contributed by atoms with Crippen LogP contribution >= 0.6 is 14.5 Å². The molecule has 6 rings (SSSR count). The van der Waals surface area contributed by atoms with E-state index in [9.17, 15) is 0 Å². The van der Waals surface area contributed by atoms with Crippen molar-refractivity contribution in [3.8, 4) is 0 Å². The first-order chi connectivity index (χ1) is 22.3. The molecule has 0 aromatic heterocycles. The van der Waals surface area contributed by atoms with Crippen molar-refractivity contribution < 1.29 is 0 Å². The Hall–Kier alpha value is -3.82. The fraction of sp³-hybridized carbons (Fsp3) is 0.163. The minimum absolute atomic E-state index is 1.08. The van der Waals surface area contributed by atoms with Gasteiger partial charge in [-0.15, -0.1) is 0 Å². The monoisotopic (exact) mass is 624 g/mol. The molecule has 0 aliphatic rings. The molecule has 0 radical (unpaired) electrons. The van der Waals surface area contributed by atoms with Crippen molar-refractivity contribution in [3.05, 3.63) is 181 Å². The van der Waals surface area contributed by atoms with E-state index in [1.807, 2.05) is 0 Å². The first kappa shape index (κ1) is 31.2. The first-order valence-electron chi connectivity index (χ1n) is 16.6. The Morgan fingerprint density at radius 3 is 1.07 bits per heavy atom. The summed E-state index contributed by atoms with van der Waals surface area (Å²) in [5.41, 5.74) is 1.46. The molecule has 0 amide bonds. The van der Waals surface area contributed by atoms with Gasteiger partial charge in [-0.25, -0.2) is 0 Å². The van der Waals surface area contributed by atoms with Gasteiger partial charge in [0, 0.05) is 0 Å². The van der Waals surface area contributed by atoms with Crippen LogP contribution in [0.4, 0.5) is 0 Å². The molecular formula is C43H46P2. The minimum atomic E-state index is -2.24. The zero-order valence-electron chi connectivity index (χ0n) is 26.5. The van der Waals surface area contributed by atoms with E-state index in [0.29, 0.717) is 0 Å². The molecule has 228 valence electrons. The van der Waals surface area contributed by atoms with E-state index in [4.69, 9.17) is 0 Å². The molecule has 2 heteroatoms. The Labute approximate surface area is 271 Å². The molecule has 0 saturated heterocycles. The quantitative estimate of drug-likeness (QED) is 0.114. The number of benzene rings is 6. The summed E-state index contributed by atoms with van der Waals surface area (Å²) in [5.74, 6) is 0. The predicted octanol–water partition coefficient (Wildman–Crippen LogP) is 8.17. The molecule has 6 aromatic rings. The third-order valence-electron chi connectivity index (χ3n) is 9.68. The molecule has 0 bridgehead atoms. The van der Waals surface area contributed by atoms with Crippen LogP contribution in [0.1, 0.15) is 31.7 Å². The van der Waals surface area contributed by atoms with Crippen LogP contribution in [-0.4, -0.2) is 12.3 Å². The maximum absolute atomic E-state index is 2.58. The normalized spacial score (nSPS) is 12.5. The van der Waals surface area contributed by atoms with E-state index >= 15 is 0 Å². The Morgan fingerprint density at radius 2 is 0.689 bits per heavy atom. The number of hydrogen-bond acceptors (Lipinski definition) is 0. The average molecular weight is 625 g/mol. The van der Waals surface area contributed by atoms with Gasteiger partial charge in [-0.1, -0.05) is 0 Å². The molecule has 0 N–H and O–H groups in total. The van der Waals surface area contributed by atoms with Crippen molar-refractivity contribution in [3.63, 3.8) is 0 Å². The molecule has 0 atom stereocenters. The predicted molar refractivity (Wildman–Crippen MR) is 206 cm³/mol. The number of aryl methyl sites for hydroxylation is 1. The van der Waals surface area contributed by atoms with Gasteiger partial charge in [0.2, 0.25) is 0 Å². The van der Waals surface area contributed by atoms with E-state index in [2.05, 4.69) is 183 Å². The number of hydrogen-bond donors (Lipinski definition) is 0. The molecule has 0 heterocycles. The molecule has 0 spiro atoms. The molecule has 0 nitrogen and oxygen atoms in total. The Kier molecular flexibility index (Phi) is 10.4. The second kappa shape index (κ2) is 15.0. The molecule has 6 aromatic carbocycles. The SMILES string of the molecule is CCCC[PH](c1ccccc1)(c1ccccc1)c1cccc(CCC[PH](c2ccccc2)(c2ccccc2)c2ccccc2)c1. The third kappa shape index (κ3) is 6.60. The number of rotatable bonds is 13. The maximum atomic E-state index is 2.58. The van der Waals surface area contributed by atoms with Gasteiger partial charge < -0.3 is 0 Å². The molecule has 0 aliphatic heterocycles. The molecule has 0 aliphatic carbocycles. The first-order valence-corrected chi connectivity index (χ1v) is 21.1.